The van der Waals surface area contributed by atoms with Gasteiger partial charge in [-0.15, -0.1) is 0 Å². The van der Waals surface area contributed by atoms with Crippen LogP contribution in [0.1, 0.15) is 11.5 Å². The van der Waals surface area contributed by atoms with E-state index in [0.717, 1.165) is 5.69 Å². The molecule has 0 saturated carbocycles. The highest BCUT2D eigenvalue weighted by atomic mass is 16.5. The van der Waals surface area contributed by atoms with E-state index in [1.54, 1.807) is 13.0 Å². The number of aromatic nitrogens is 1. The van der Waals surface area contributed by atoms with Gasteiger partial charge < -0.3 is 14.7 Å². The van der Waals surface area contributed by atoms with Crippen LogP contribution in [-0.4, -0.2) is 35.0 Å². The Bertz CT molecular complexity index is 399. The summed E-state index contributed by atoms with van der Waals surface area (Å²) in [5.41, 5.74) is 0.763. The summed E-state index contributed by atoms with van der Waals surface area (Å²) < 4.78 is 4.97. The van der Waals surface area contributed by atoms with Crippen LogP contribution in [0.25, 0.3) is 0 Å². The second kappa shape index (κ2) is 3.72. The zero-order valence-corrected chi connectivity index (χ0v) is 8.32. The number of nitrogens with zero attached hydrogens (tertiary/aromatic N) is 2. The monoisotopic (exact) mass is 209 g/mol. The van der Waals surface area contributed by atoms with Gasteiger partial charge in [0.1, 0.15) is 6.54 Å². The molecule has 1 aromatic rings. The van der Waals surface area contributed by atoms with Gasteiger partial charge in [-0.05, 0) is 6.92 Å². The third-order valence-corrected chi connectivity index (χ3v) is 2.15. The minimum atomic E-state index is -0.147. The molecule has 2 heterocycles. The van der Waals surface area contributed by atoms with E-state index in [0.29, 0.717) is 12.3 Å². The lowest BCUT2D eigenvalue weighted by Crippen LogP contribution is -2.50. The number of amides is 2. The number of rotatable bonds is 2. The van der Waals surface area contributed by atoms with E-state index in [-0.39, 0.29) is 24.9 Å². The van der Waals surface area contributed by atoms with Crippen LogP contribution in [0.5, 0.6) is 0 Å². The Morgan fingerprint density at radius 2 is 2.40 bits per heavy atom. The molecular weight excluding hydrogens is 198 g/mol. The van der Waals surface area contributed by atoms with E-state index in [1.165, 1.54) is 4.90 Å². The van der Waals surface area contributed by atoms with Gasteiger partial charge in [0.2, 0.25) is 11.8 Å². The molecule has 1 N–H and O–H groups in total. The number of carbonyl (C=O) groups excluding carboxylic acids is 2. The van der Waals surface area contributed by atoms with Crippen molar-refractivity contribution in [2.75, 3.05) is 13.1 Å². The maximum Gasteiger partial charge on any atom is 0.242 e. The molecule has 1 aromatic heterocycles. The van der Waals surface area contributed by atoms with E-state index >= 15 is 0 Å². The number of aryl methyl sites for hydroxylation is 1. The molecule has 1 saturated heterocycles. The highest BCUT2D eigenvalue weighted by molar-refractivity contribution is 5.92. The second-order valence-corrected chi connectivity index (χ2v) is 3.46. The van der Waals surface area contributed by atoms with Gasteiger partial charge in [0.25, 0.3) is 0 Å². The average Bonchev–Trinajstić information content (AvgIpc) is 2.58. The van der Waals surface area contributed by atoms with Crippen LogP contribution in [0.2, 0.25) is 0 Å². The van der Waals surface area contributed by atoms with Crippen molar-refractivity contribution < 1.29 is 14.1 Å². The minimum Gasteiger partial charge on any atom is -0.359 e. The first-order chi connectivity index (χ1) is 7.15. The molecule has 0 bridgehead atoms. The molecular formula is C9H11N3O3. The zero-order valence-electron chi connectivity index (χ0n) is 8.32. The molecule has 80 valence electrons. The Morgan fingerprint density at radius 3 is 3.07 bits per heavy atom. The third-order valence-electron chi connectivity index (χ3n) is 2.15. The molecule has 0 aromatic carbocycles. The largest absolute Gasteiger partial charge is 0.359 e. The fraction of sp³-hybridized carbons (Fsp3) is 0.444. The van der Waals surface area contributed by atoms with E-state index in [2.05, 4.69) is 10.5 Å². The summed E-state index contributed by atoms with van der Waals surface area (Å²) in [7, 11) is 0. The van der Waals surface area contributed by atoms with Crippen molar-refractivity contribution in [3.8, 4) is 0 Å². The minimum absolute atomic E-state index is 0.0615. The Kier molecular flexibility index (Phi) is 2.40. The summed E-state index contributed by atoms with van der Waals surface area (Å²) in [4.78, 5) is 23.9. The first-order valence-corrected chi connectivity index (χ1v) is 4.62. The normalized spacial score (nSPS) is 16.7. The van der Waals surface area contributed by atoms with Crippen molar-refractivity contribution in [3.63, 3.8) is 0 Å². The predicted molar refractivity (Wildman–Crippen MR) is 49.7 cm³/mol. The Morgan fingerprint density at radius 1 is 1.60 bits per heavy atom. The number of hydrogen-bond acceptors (Lipinski definition) is 4. The summed E-state index contributed by atoms with van der Waals surface area (Å²) in [5, 5.41) is 6.19. The molecule has 2 rings (SSSR count). The van der Waals surface area contributed by atoms with Crippen LogP contribution in [0.15, 0.2) is 10.6 Å². The highest BCUT2D eigenvalue weighted by Crippen LogP contribution is 2.07. The molecule has 1 fully saturated rings. The molecule has 0 spiro atoms. The zero-order chi connectivity index (χ0) is 10.8. The Balaban J connectivity index is 2.04. The van der Waals surface area contributed by atoms with E-state index in [4.69, 9.17) is 4.52 Å². The van der Waals surface area contributed by atoms with Gasteiger partial charge in [-0.3, -0.25) is 9.59 Å². The van der Waals surface area contributed by atoms with Gasteiger partial charge in [0.05, 0.1) is 18.8 Å². The lowest BCUT2D eigenvalue weighted by molar-refractivity contribution is -0.141. The third kappa shape index (κ3) is 2.15. The lowest BCUT2D eigenvalue weighted by Gasteiger charge is -2.25. The van der Waals surface area contributed by atoms with E-state index in [1.807, 2.05) is 0 Å². The summed E-state index contributed by atoms with van der Waals surface area (Å²) >= 11 is 0. The van der Waals surface area contributed by atoms with Crippen molar-refractivity contribution in [1.82, 2.24) is 15.4 Å². The van der Waals surface area contributed by atoms with E-state index in [9.17, 15) is 9.59 Å². The molecule has 6 heteroatoms. The summed E-state index contributed by atoms with van der Waals surface area (Å²) in [6.45, 7) is 2.25. The van der Waals surface area contributed by atoms with Crippen molar-refractivity contribution >= 4 is 11.8 Å². The van der Waals surface area contributed by atoms with Gasteiger partial charge in [0.15, 0.2) is 5.76 Å². The molecule has 15 heavy (non-hydrogen) atoms. The molecule has 0 aliphatic carbocycles. The quantitative estimate of drug-likeness (QED) is 0.708. The topological polar surface area (TPSA) is 75.4 Å². The number of nitrogens with one attached hydrogen (secondary N) is 1. The van der Waals surface area contributed by atoms with Gasteiger partial charge in [-0.1, -0.05) is 5.16 Å². The van der Waals surface area contributed by atoms with Gasteiger partial charge in [-0.25, -0.2) is 0 Å². The van der Waals surface area contributed by atoms with Crippen molar-refractivity contribution in [2.45, 2.75) is 13.5 Å². The molecule has 6 nitrogen and oxygen atoms in total. The van der Waals surface area contributed by atoms with Crippen LogP contribution in [-0.2, 0) is 16.1 Å². The lowest BCUT2D eigenvalue weighted by atomic mass is 10.3. The smallest absolute Gasteiger partial charge is 0.242 e. The number of carbonyl (C=O) groups is 2. The Labute approximate surface area is 86.2 Å². The molecule has 1 aliphatic rings. The van der Waals surface area contributed by atoms with Crippen LogP contribution >= 0.6 is 0 Å². The molecule has 0 unspecified atom stereocenters. The standard InChI is InChI=1S/C9H11N3O3/c1-6-2-7(15-11-6)4-12-5-8(13)10-3-9(12)14/h2H,3-5H2,1H3,(H,10,13). The first-order valence-electron chi connectivity index (χ1n) is 4.62. The van der Waals surface area contributed by atoms with Crippen LogP contribution < -0.4 is 5.32 Å². The maximum absolute atomic E-state index is 11.4. The molecule has 1 aliphatic heterocycles. The molecule has 2 amide bonds. The number of hydrogen-bond donors (Lipinski definition) is 1. The van der Waals surface area contributed by atoms with Crippen molar-refractivity contribution in [2.24, 2.45) is 0 Å². The van der Waals surface area contributed by atoms with Crippen LogP contribution in [0, 0.1) is 6.92 Å². The predicted octanol–water partition coefficient (Wildman–Crippen LogP) is -0.559. The first kappa shape index (κ1) is 9.70. The second-order valence-electron chi connectivity index (χ2n) is 3.46. The van der Waals surface area contributed by atoms with Crippen LogP contribution in [0.3, 0.4) is 0 Å². The van der Waals surface area contributed by atoms with Gasteiger partial charge in [-0.2, -0.15) is 0 Å². The van der Waals surface area contributed by atoms with Crippen molar-refractivity contribution in [1.29, 1.82) is 0 Å². The summed E-state index contributed by atoms with van der Waals surface area (Å²) in [5.74, 6) is 0.338. The summed E-state index contributed by atoms with van der Waals surface area (Å²) in [6.07, 6.45) is 0. The van der Waals surface area contributed by atoms with Gasteiger partial charge in [0, 0.05) is 6.07 Å². The van der Waals surface area contributed by atoms with Crippen molar-refractivity contribution in [3.05, 3.63) is 17.5 Å². The fourth-order valence-corrected chi connectivity index (χ4v) is 1.43. The maximum atomic E-state index is 11.4. The summed E-state index contributed by atoms with van der Waals surface area (Å²) in [6, 6.07) is 1.75. The molecule has 0 atom stereocenters. The average molecular weight is 209 g/mol. The number of piperazine rings is 1. The van der Waals surface area contributed by atoms with Gasteiger partial charge >= 0.3 is 0 Å². The Hall–Kier alpha value is -1.85. The fourth-order valence-electron chi connectivity index (χ4n) is 1.43. The SMILES string of the molecule is Cc1cc(CN2CC(=O)NCC2=O)on1. The van der Waals surface area contributed by atoms with Crippen LogP contribution in [0.4, 0.5) is 0 Å². The van der Waals surface area contributed by atoms with E-state index < -0.39 is 0 Å². The molecule has 0 radical (unpaired) electrons. The highest BCUT2D eigenvalue weighted by Gasteiger charge is 2.23.